The van der Waals surface area contributed by atoms with Crippen molar-refractivity contribution >= 4 is 16.8 Å². The zero-order chi connectivity index (χ0) is 18.7. The number of hydrogen-bond acceptors (Lipinski definition) is 6. The molecule has 0 radical (unpaired) electrons. The zero-order valence-corrected chi connectivity index (χ0v) is 15.1. The van der Waals surface area contributed by atoms with Gasteiger partial charge in [0.2, 0.25) is 11.8 Å². The van der Waals surface area contributed by atoms with Crippen molar-refractivity contribution in [2.45, 2.75) is 39.8 Å². The number of aromatic nitrogens is 4. The molecule has 8 nitrogen and oxygen atoms in total. The summed E-state index contributed by atoms with van der Waals surface area (Å²) in [6, 6.07) is 5.50. The Kier molecular flexibility index (Phi) is 5.11. The number of carbonyl (C=O) groups is 1. The first kappa shape index (κ1) is 17.8. The van der Waals surface area contributed by atoms with Gasteiger partial charge in [0.1, 0.15) is 0 Å². The molecule has 2 aromatic heterocycles. The standard InChI is InChI=1S/C18H21N5O3/c1-4-14-20-15(26-21-14)10-22(3)16(24)8-9-23-11-19-17-12(2)6-5-7-13(17)18(23)25/h5-7,11H,4,8-10H2,1-3H3. The van der Waals surface area contributed by atoms with Crippen molar-refractivity contribution in [2.75, 3.05) is 7.05 Å². The van der Waals surface area contributed by atoms with Crippen molar-refractivity contribution in [2.24, 2.45) is 0 Å². The van der Waals surface area contributed by atoms with E-state index in [1.165, 1.54) is 15.8 Å². The quantitative estimate of drug-likeness (QED) is 0.668. The summed E-state index contributed by atoms with van der Waals surface area (Å²) in [6.07, 6.45) is 2.36. The minimum absolute atomic E-state index is 0.113. The van der Waals surface area contributed by atoms with Crippen LogP contribution in [-0.4, -0.2) is 37.5 Å². The van der Waals surface area contributed by atoms with Crippen LogP contribution < -0.4 is 5.56 Å². The molecule has 3 rings (SSSR count). The van der Waals surface area contributed by atoms with Crippen molar-refractivity contribution < 1.29 is 9.32 Å². The molecule has 0 saturated heterocycles. The van der Waals surface area contributed by atoms with Gasteiger partial charge in [-0.2, -0.15) is 4.98 Å². The van der Waals surface area contributed by atoms with Gasteiger partial charge in [-0.05, 0) is 18.6 Å². The number of benzene rings is 1. The van der Waals surface area contributed by atoms with Gasteiger partial charge in [0.15, 0.2) is 5.82 Å². The van der Waals surface area contributed by atoms with Gasteiger partial charge in [0.05, 0.1) is 23.8 Å². The summed E-state index contributed by atoms with van der Waals surface area (Å²) in [7, 11) is 1.67. The van der Waals surface area contributed by atoms with Crippen LogP contribution >= 0.6 is 0 Å². The maximum Gasteiger partial charge on any atom is 0.261 e. The first-order valence-corrected chi connectivity index (χ1v) is 8.49. The van der Waals surface area contributed by atoms with E-state index in [0.717, 1.165) is 5.56 Å². The van der Waals surface area contributed by atoms with Crippen LogP contribution in [0.4, 0.5) is 0 Å². The van der Waals surface area contributed by atoms with E-state index in [1.54, 1.807) is 13.1 Å². The van der Waals surface area contributed by atoms with Gasteiger partial charge in [0, 0.05) is 26.4 Å². The van der Waals surface area contributed by atoms with Crippen LogP contribution in [0.5, 0.6) is 0 Å². The molecule has 0 unspecified atom stereocenters. The number of hydrogen-bond donors (Lipinski definition) is 0. The predicted octanol–water partition coefficient (Wildman–Crippen LogP) is 1.70. The Hall–Kier alpha value is -3.03. The Bertz CT molecular complexity index is 992. The lowest BCUT2D eigenvalue weighted by Crippen LogP contribution is -2.29. The molecule has 8 heteroatoms. The minimum atomic E-state index is -0.140. The number of fused-ring (bicyclic) bond motifs is 1. The molecule has 0 atom stereocenters. The molecule has 1 aromatic carbocycles. The molecule has 0 aliphatic rings. The Labute approximate surface area is 150 Å². The van der Waals surface area contributed by atoms with Crippen molar-refractivity contribution in [1.82, 2.24) is 24.6 Å². The van der Waals surface area contributed by atoms with Crippen molar-refractivity contribution in [1.29, 1.82) is 0 Å². The highest BCUT2D eigenvalue weighted by atomic mass is 16.5. The van der Waals surface area contributed by atoms with Crippen LogP contribution in [0.1, 0.15) is 30.6 Å². The lowest BCUT2D eigenvalue weighted by atomic mass is 10.1. The molecular formula is C18H21N5O3. The van der Waals surface area contributed by atoms with Crippen LogP contribution in [0.2, 0.25) is 0 Å². The second-order valence-electron chi connectivity index (χ2n) is 6.17. The number of para-hydroxylation sites is 1. The van der Waals surface area contributed by atoms with Gasteiger partial charge >= 0.3 is 0 Å². The van der Waals surface area contributed by atoms with Gasteiger partial charge in [0.25, 0.3) is 5.56 Å². The molecule has 1 amide bonds. The van der Waals surface area contributed by atoms with E-state index in [9.17, 15) is 9.59 Å². The summed E-state index contributed by atoms with van der Waals surface area (Å²) in [5.41, 5.74) is 1.51. The van der Waals surface area contributed by atoms with E-state index >= 15 is 0 Å². The van der Waals surface area contributed by atoms with Crippen LogP contribution in [0.3, 0.4) is 0 Å². The molecule has 0 N–H and O–H groups in total. The number of nitrogens with zero attached hydrogens (tertiary/aromatic N) is 5. The molecule has 136 valence electrons. The fourth-order valence-corrected chi connectivity index (χ4v) is 2.69. The fourth-order valence-electron chi connectivity index (χ4n) is 2.69. The summed E-state index contributed by atoms with van der Waals surface area (Å²) in [5, 5.41) is 4.37. The number of rotatable bonds is 6. The second-order valence-corrected chi connectivity index (χ2v) is 6.17. The highest BCUT2D eigenvalue weighted by molar-refractivity contribution is 5.80. The molecular weight excluding hydrogens is 334 g/mol. The van der Waals surface area contributed by atoms with Gasteiger partial charge in [-0.3, -0.25) is 14.2 Å². The van der Waals surface area contributed by atoms with E-state index < -0.39 is 0 Å². The van der Waals surface area contributed by atoms with Crippen LogP contribution in [0.15, 0.2) is 33.8 Å². The van der Waals surface area contributed by atoms with Crippen molar-refractivity contribution in [3.63, 3.8) is 0 Å². The SMILES string of the molecule is CCc1noc(CN(C)C(=O)CCn2cnc3c(C)cccc3c2=O)n1. The lowest BCUT2D eigenvalue weighted by molar-refractivity contribution is -0.131. The zero-order valence-electron chi connectivity index (χ0n) is 15.1. The smallest absolute Gasteiger partial charge is 0.261 e. The van der Waals surface area contributed by atoms with E-state index in [4.69, 9.17) is 4.52 Å². The summed E-state index contributed by atoms with van der Waals surface area (Å²) in [6.45, 7) is 4.36. The highest BCUT2D eigenvalue weighted by Gasteiger charge is 2.14. The third-order valence-electron chi connectivity index (χ3n) is 4.25. The largest absolute Gasteiger partial charge is 0.337 e. The molecule has 0 spiro atoms. The summed E-state index contributed by atoms with van der Waals surface area (Å²) < 4.78 is 6.57. The molecule has 0 aliphatic heterocycles. The third kappa shape index (κ3) is 3.63. The normalized spacial score (nSPS) is 11.0. The van der Waals surface area contributed by atoms with Gasteiger partial charge in [-0.15, -0.1) is 0 Å². The first-order chi connectivity index (χ1) is 12.5. The Balaban J connectivity index is 1.66. The maximum atomic E-state index is 12.6. The first-order valence-electron chi connectivity index (χ1n) is 8.49. The van der Waals surface area contributed by atoms with E-state index in [1.807, 2.05) is 26.0 Å². The van der Waals surface area contributed by atoms with Gasteiger partial charge in [-0.25, -0.2) is 4.98 Å². The third-order valence-corrected chi connectivity index (χ3v) is 4.25. The second kappa shape index (κ2) is 7.47. The number of amides is 1. The molecule has 0 saturated carbocycles. The van der Waals surface area contributed by atoms with Crippen LogP contribution in [-0.2, 0) is 24.3 Å². The predicted molar refractivity (Wildman–Crippen MR) is 95.5 cm³/mol. The van der Waals surface area contributed by atoms with Gasteiger partial charge in [-0.1, -0.05) is 24.2 Å². The minimum Gasteiger partial charge on any atom is -0.337 e. The number of aryl methyl sites for hydroxylation is 3. The average molecular weight is 355 g/mol. The molecule has 26 heavy (non-hydrogen) atoms. The summed E-state index contributed by atoms with van der Waals surface area (Å²) >= 11 is 0. The van der Waals surface area contributed by atoms with E-state index in [-0.39, 0.29) is 31.0 Å². The molecule has 0 fully saturated rings. The van der Waals surface area contributed by atoms with Gasteiger partial charge < -0.3 is 9.42 Å². The van der Waals surface area contributed by atoms with Crippen LogP contribution in [0.25, 0.3) is 10.9 Å². The Morgan fingerprint density at radius 2 is 2.15 bits per heavy atom. The molecule has 2 heterocycles. The molecule has 3 aromatic rings. The lowest BCUT2D eigenvalue weighted by Gasteiger charge is -2.15. The Morgan fingerprint density at radius 1 is 1.35 bits per heavy atom. The van der Waals surface area contributed by atoms with E-state index in [2.05, 4.69) is 15.1 Å². The van der Waals surface area contributed by atoms with Crippen LogP contribution in [0, 0.1) is 6.92 Å². The van der Waals surface area contributed by atoms with Crippen molar-refractivity contribution in [3.05, 3.63) is 52.2 Å². The summed E-state index contributed by atoms with van der Waals surface area (Å²) in [5.74, 6) is 0.903. The number of carbonyl (C=O) groups excluding carboxylic acids is 1. The highest BCUT2D eigenvalue weighted by Crippen LogP contribution is 2.11. The molecule has 0 aliphatic carbocycles. The average Bonchev–Trinajstić information content (AvgIpc) is 3.09. The fraction of sp³-hybridized carbons (Fsp3) is 0.389. The molecule has 0 bridgehead atoms. The summed E-state index contributed by atoms with van der Waals surface area (Å²) in [4.78, 5) is 34.9. The Morgan fingerprint density at radius 3 is 2.88 bits per heavy atom. The monoisotopic (exact) mass is 355 g/mol. The topological polar surface area (TPSA) is 94.1 Å². The maximum absolute atomic E-state index is 12.6. The van der Waals surface area contributed by atoms with Crippen molar-refractivity contribution in [3.8, 4) is 0 Å². The van der Waals surface area contributed by atoms with E-state index in [0.29, 0.717) is 29.0 Å².